The van der Waals surface area contributed by atoms with Crippen LogP contribution in [0.5, 0.6) is 0 Å². The number of likely N-dealkylation sites (N-methyl/N-ethyl adjacent to an activating group) is 2. The number of carbonyl (C=O) groups excluding carboxylic acids is 2. The van der Waals surface area contributed by atoms with Gasteiger partial charge in [0.1, 0.15) is 0 Å². The van der Waals surface area contributed by atoms with Crippen LogP contribution in [0.25, 0.3) is 0 Å². The zero-order valence-electron chi connectivity index (χ0n) is 9.71. The van der Waals surface area contributed by atoms with Crippen molar-refractivity contribution >= 4 is 11.9 Å². The van der Waals surface area contributed by atoms with E-state index < -0.39 is 0 Å². The van der Waals surface area contributed by atoms with Crippen molar-refractivity contribution in [2.24, 2.45) is 0 Å². The number of nitrogens with one attached hydrogen (secondary N) is 1. The molecule has 88 valence electrons. The number of rotatable bonds is 7. The molecular formula is C10H20N2O3. The highest BCUT2D eigenvalue weighted by atomic mass is 16.5. The van der Waals surface area contributed by atoms with Gasteiger partial charge in [-0.2, -0.15) is 0 Å². The van der Waals surface area contributed by atoms with Gasteiger partial charge < -0.3 is 10.1 Å². The molecule has 0 fully saturated rings. The molecule has 0 spiro atoms. The minimum absolute atomic E-state index is 0.0410. The third-order valence-electron chi connectivity index (χ3n) is 2.03. The molecule has 0 bridgehead atoms. The van der Waals surface area contributed by atoms with Gasteiger partial charge in [-0.1, -0.05) is 6.92 Å². The number of carbonyl (C=O) groups is 2. The molecule has 5 nitrogen and oxygen atoms in total. The van der Waals surface area contributed by atoms with Crippen molar-refractivity contribution in [3.63, 3.8) is 0 Å². The zero-order valence-corrected chi connectivity index (χ0v) is 9.71. The maximum absolute atomic E-state index is 11.1. The smallest absolute Gasteiger partial charge is 0.307 e. The van der Waals surface area contributed by atoms with Crippen molar-refractivity contribution in [1.82, 2.24) is 10.2 Å². The predicted molar refractivity (Wildman–Crippen MR) is 57.4 cm³/mol. The highest BCUT2D eigenvalue weighted by Gasteiger charge is 2.10. The molecule has 0 atom stereocenters. The first kappa shape index (κ1) is 13.9. The number of esters is 1. The van der Waals surface area contributed by atoms with Gasteiger partial charge in [0.05, 0.1) is 19.6 Å². The summed E-state index contributed by atoms with van der Waals surface area (Å²) in [5, 5.41) is 2.55. The lowest BCUT2D eigenvalue weighted by molar-refractivity contribution is -0.143. The summed E-state index contributed by atoms with van der Waals surface area (Å²) in [6.45, 7) is 5.76. The molecule has 0 aliphatic carbocycles. The molecule has 0 aliphatic rings. The Balaban J connectivity index is 3.79. The fourth-order valence-corrected chi connectivity index (χ4v) is 1.11. The van der Waals surface area contributed by atoms with Gasteiger partial charge in [-0.15, -0.1) is 0 Å². The lowest BCUT2D eigenvalue weighted by atomic mass is 10.3. The van der Waals surface area contributed by atoms with E-state index in [1.807, 2.05) is 11.8 Å². The van der Waals surface area contributed by atoms with Crippen molar-refractivity contribution in [2.75, 3.05) is 33.3 Å². The van der Waals surface area contributed by atoms with E-state index in [-0.39, 0.29) is 11.9 Å². The molecule has 0 aromatic heterocycles. The standard InChI is InChI=1S/C10H20N2O3/c1-4-12(8-9(13)11-3)7-6-10(14)15-5-2/h4-8H2,1-3H3,(H,11,13). The van der Waals surface area contributed by atoms with Gasteiger partial charge in [-0.25, -0.2) is 0 Å². The third-order valence-corrected chi connectivity index (χ3v) is 2.03. The first-order chi connectivity index (χ1) is 7.13. The molecular weight excluding hydrogens is 196 g/mol. The van der Waals surface area contributed by atoms with Crippen molar-refractivity contribution < 1.29 is 14.3 Å². The van der Waals surface area contributed by atoms with Gasteiger partial charge in [-0.3, -0.25) is 14.5 Å². The van der Waals surface area contributed by atoms with Crippen LogP contribution in [0.15, 0.2) is 0 Å². The molecule has 0 aromatic rings. The van der Waals surface area contributed by atoms with Gasteiger partial charge in [0, 0.05) is 13.6 Å². The number of ether oxygens (including phenoxy) is 1. The fourth-order valence-electron chi connectivity index (χ4n) is 1.11. The summed E-state index contributed by atoms with van der Waals surface area (Å²) in [4.78, 5) is 24.1. The van der Waals surface area contributed by atoms with Crippen molar-refractivity contribution in [2.45, 2.75) is 20.3 Å². The highest BCUT2D eigenvalue weighted by molar-refractivity contribution is 5.77. The van der Waals surface area contributed by atoms with Crippen LogP contribution in [0, 0.1) is 0 Å². The Bertz CT molecular complexity index is 207. The highest BCUT2D eigenvalue weighted by Crippen LogP contribution is 1.93. The zero-order chi connectivity index (χ0) is 11.7. The molecule has 1 N–H and O–H groups in total. The quantitative estimate of drug-likeness (QED) is 0.609. The summed E-state index contributed by atoms with van der Waals surface area (Å²) in [5.41, 5.74) is 0. The Labute approximate surface area is 90.8 Å². The van der Waals surface area contributed by atoms with E-state index >= 15 is 0 Å². The number of hydrogen-bond acceptors (Lipinski definition) is 4. The molecule has 0 unspecified atom stereocenters. The van der Waals surface area contributed by atoms with Gasteiger partial charge in [-0.05, 0) is 13.5 Å². The van der Waals surface area contributed by atoms with Gasteiger partial charge in [0.15, 0.2) is 0 Å². The topological polar surface area (TPSA) is 58.6 Å². The van der Waals surface area contributed by atoms with Crippen LogP contribution in [-0.2, 0) is 14.3 Å². The van der Waals surface area contributed by atoms with Gasteiger partial charge in [0.25, 0.3) is 0 Å². The van der Waals surface area contributed by atoms with Crippen LogP contribution in [0.1, 0.15) is 20.3 Å². The Morgan fingerprint density at radius 1 is 1.33 bits per heavy atom. The fraction of sp³-hybridized carbons (Fsp3) is 0.800. The molecule has 0 saturated heterocycles. The molecule has 1 amide bonds. The van der Waals surface area contributed by atoms with E-state index in [1.165, 1.54) is 0 Å². The SMILES string of the molecule is CCOC(=O)CCN(CC)CC(=O)NC. The first-order valence-corrected chi connectivity index (χ1v) is 5.22. The largest absolute Gasteiger partial charge is 0.466 e. The van der Waals surface area contributed by atoms with E-state index in [0.717, 1.165) is 6.54 Å². The Kier molecular flexibility index (Phi) is 7.62. The summed E-state index contributed by atoms with van der Waals surface area (Å²) >= 11 is 0. The maximum Gasteiger partial charge on any atom is 0.307 e. The lowest BCUT2D eigenvalue weighted by Gasteiger charge is -2.18. The molecule has 0 aromatic carbocycles. The van der Waals surface area contributed by atoms with Crippen molar-refractivity contribution in [3.05, 3.63) is 0 Å². The lowest BCUT2D eigenvalue weighted by Crippen LogP contribution is -2.36. The van der Waals surface area contributed by atoms with Crippen molar-refractivity contribution in [1.29, 1.82) is 0 Å². The van der Waals surface area contributed by atoms with E-state index in [4.69, 9.17) is 4.74 Å². The molecule has 5 heteroatoms. The molecule has 0 rings (SSSR count). The van der Waals surface area contributed by atoms with Crippen LogP contribution in [0.2, 0.25) is 0 Å². The average molecular weight is 216 g/mol. The van der Waals surface area contributed by atoms with E-state index in [2.05, 4.69) is 5.32 Å². The summed E-state index contributed by atoms with van der Waals surface area (Å²) in [6, 6.07) is 0. The van der Waals surface area contributed by atoms with Crippen LogP contribution in [0.4, 0.5) is 0 Å². The van der Waals surface area contributed by atoms with Crippen LogP contribution in [-0.4, -0.2) is 50.1 Å². The molecule has 0 heterocycles. The molecule has 15 heavy (non-hydrogen) atoms. The maximum atomic E-state index is 11.1. The summed E-state index contributed by atoms with van der Waals surface area (Å²) in [7, 11) is 1.60. The van der Waals surface area contributed by atoms with Crippen LogP contribution >= 0.6 is 0 Å². The third kappa shape index (κ3) is 6.90. The normalized spacial score (nSPS) is 10.1. The molecule has 0 aliphatic heterocycles. The summed E-state index contributed by atoms with van der Waals surface area (Å²) in [5.74, 6) is -0.256. The monoisotopic (exact) mass is 216 g/mol. The molecule has 0 radical (unpaired) electrons. The van der Waals surface area contributed by atoms with E-state index in [0.29, 0.717) is 26.1 Å². The summed E-state index contributed by atoms with van der Waals surface area (Å²) < 4.78 is 4.80. The number of amides is 1. The average Bonchev–Trinajstić information content (AvgIpc) is 2.24. The Morgan fingerprint density at radius 3 is 2.47 bits per heavy atom. The minimum atomic E-state index is -0.215. The first-order valence-electron chi connectivity index (χ1n) is 5.22. The second-order valence-electron chi connectivity index (χ2n) is 3.10. The van der Waals surface area contributed by atoms with Gasteiger partial charge >= 0.3 is 5.97 Å². The predicted octanol–water partition coefficient (Wildman–Crippen LogP) is 0.00750. The Hall–Kier alpha value is -1.10. The number of hydrogen-bond donors (Lipinski definition) is 1. The molecule has 0 saturated carbocycles. The van der Waals surface area contributed by atoms with E-state index in [9.17, 15) is 9.59 Å². The second kappa shape index (κ2) is 8.23. The van der Waals surface area contributed by atoms with Crippen LogP contribution < -0.4 is 5.32 Å². The minimum Gasteiger partial charge on any atom is -0.466 e. The second-order valence-corrected chi connectivity index (χ2v) is 3.10. The summed E-state index contributed by atoms with van der Waals surface area (Å²) in [6.07, 6.45) is 0.332. The van der Waals surface area contributed by atoms with E-state index in [1.54, 1.807) is 14.0 Å². The van der Waals surface area contributed by atoms with Gasteiger partial charge in [0.2, 0.25) is 5.91 Å². The van der Waals surface area contributed by atoms with Crippen LogP contribution in [0.3, 0.4) is 0 Å². The van der Waals surface area contributed by atoms with Crippen molar-refractivity contribution in [3.8, 4) is 0 Å². The Morgan fingerprint density at radius 2 is 2.00 bits per heavy atom. The number of nitrogens with zero attached hydrogens (tertiary/aromatic N) is 1.